The van der Waals surface area contributed by atoms with Crippen molar-refractivity contribution in [3.8, 4) is 12.1 Å². The number of nitrogens with one attached hydrogen (secondary N) is 1. The lowest BCUT2D eigenvalue weighted by Gasteiger charge is -2.29. The summed E-state index contributed by atoms with van der Waals surface area (Å²) in [4.78, 5) is 23.9. The first-order valence-corrected chi connectivity index (χ1v) is 8.77. The number of benzene rings is 1. The van der Waals surface area contributed by atoms with E-state index in [0.717, 1.165) is 11.8 Å². The lowest BCUT2D eigenvalue weighted by Crippen LogP contribution is -2.39. The molecule has 1 heterocycles. The first kappa shape index (κ1) is 18.9. The molecule has 25 heavy (non-hydrogen) atoms. The fourth-order valence-corrected chi connectivity index (χ4v) is 3.58. The van der Waals surface area contributed by atoms with Crippen LogP contribution in [0.2, 0.25) is 5.02 Å². The van der Waals surface area contributed by atoms with E-state index < -0.39 is 23.7 Å². The summed E-state index contributed by atoms with van der Waals surface area (Å²) in [6.07, 6.45) is 0. The van der Waals surface area contributed by atoms with E-state index in [1.807, 2.05) is 6.07 Å². The number of thioether (sulfide) groups is 1. The van der Waals surface area contributed by atoms with Crippen LogP contribution in [0.1, 0.15) is 18.4 Å². The molecule has 0 spiro atoms. The molecule has 1 aliphatic rings. The van der Waals surface area contributed by atoms with E-state index in [2.05, 4.69) is 11.4 Å². The van der Waals surface area contributed by atoms with Crippen molar-refractivity contribution in [2.24, 2.45) is 5.92 Å². The van der Waals surface area contributed by atoms with Crippen molar-refractivity contribution < 1.29 is 14.3 Å². The van der Waals surface area contributed by atoms with Gasteiger partial charge in [-0.15, -0.1) is 0 Å². The molecule has 0 aromatic heterocycles. The summed E-state index contributed by atoms with van der Waals surface area (Å²) in [5, 5.41) is 22.2. The predicted octanol–water partition coefficient (Wildman–Crippen LogP) is 2.72. The third-order valence-electron chi connectivity index (χ3n) is 3.55. The number of carbonyl (C=O) groups is 2. The highest BCUT2D eigenvalue weighted by Crippen LogP contribution is 2.41. The van der Waals surface area contributed by atoms with Gasteiger partial charge in [0.2, 0.25) is 5.91 Å². The molecule has 0 aliphatic carbocycles. The molecule has 0 saturated carbocycles. The first-order chi connectivity index (χ1) is 12.0. The van der Waals surface area contributed by atoms with Crippen LogP contribution in [0, 0.1) is 28.6 Å². The molecule has 8 heteroatoms. The number of nitriles is 2. The third kappa shape index (κ3) is 4.14. The molecule has 1 aromatic rings. The van der Waals surface area contributed by atoms with Gasteiger partial charge in [-0.05, 0) is 18.6 Å². The van der Waals surface area contributed by atoms with Crippen LogP contribution < -0.4 is 5.32 Å². The average molecular weight is 376 g/mol. The summed E-state index contributed by atoms with van der Waals surface area (Å²) in [5.74, 6) is -2.91. The Hall–Kier alpha value is -2.48. The van der Waals surface area contributed by atoms with Gasteiger partial charge < -0.3 is 10.1 Å². The lowest BCUT2D eigenvalue weighted by atomic mass is 9.79. The Morgan fingerprint density at radius 3 is 2.72 bits per heavy atom. The highest BCUT2D eigenvalue weighted by atomic mass is 35.5. The van der Waals surface area contributed by atoms with Gasteiger partial charge >= 0.3 is 5.97 Å². The van der Waals surface area contributed by atoms with E-state index in [0.29, 0.717) is 10.6 Å². The van der Waals surface area contributed by atoms with Gasteiger partial charge in [0.1, 0.15) is 5.92 Å². The number of halogens is 1. The second-order valence-electron chi connectivity index (χ2n) is 5.04. The number of carbonyl (C=O) groups excluding carboxylic acids is 2. The maximum Gasteiger partial charge on any atom is 0.316 e. The van der Waals surface area contributed by atoms with Crippen LogP contribution in [0.5, 0.6) is 0 Å². The van der Waals surface area contributed by atoms with Gasteiger partial charge in [0.15, 0.2) is 0 Å². The summed E-state index contributed by atoms with van der Waals surface area (Å²) in [6, 6.07) is 10.8. The van der Waals surface area contributed by atoms with Gasteiger partial charge in [-0.2, -0.15) is 10.5 Å². The van der Waals surface area contributed by atoms with Crippen molar-refractivity contribution in [3.05, 3.63) is 45.5 Å². The second-order valence-corrected chi connectivity index (χ2v) is 6.44. The van der Waals surface area contributed by atoms with Gasteiger partial charge in [-0.1, -0.05) is 41.6 Å². The third-order valence-corrected chi connectivity index (χ3v) is 4.88. The van der Waals surface area contributed by atoms with Crippen molar-refractivity contribution in [3.63, 3.8) is 0 Å². The SMILES string of the molecule is CCOC(=O)CSC1=C(C#N)[C@H](c2ccccc2Cl)[C@@H](C#N)C(=O)N1. The molecule has 1 aliphatic heterocycles. The van der Waals surface area contributed by atoms with Gasteiger partial charge in [-0.25, -0.2) is 0 Å². The van der Waals surface area contributed by atoms with Crippen molar-refractivity contribution >= 4 is 35.2 Å². The van der Waals surface area contributed by atoms with E-state index >= 15 is 0 Å². The number of rotatable bonds is 5. The molecule has 0 radical (unpaired) electrons. The van der Waals surface area contributed by atoms with Crippen LogP contribution in [-0.4, -0.2) is 24.2 Å². The quantitative estimate of drug-likeness (QED) is 0.793. The highest BCUT2D eigenvalue weighted by Gasteiger charge is 2.40. The first-order valence-electron chi connectivity index (χ1n) is 7.41. The van der Waals surface area contributed by atoms with Crippen LogP contribution in [0.25, 0.3) is 0 Å². The maximum atomic E-state index is 12.3. The Bertz CT molecular complexity index is 810. The molecule has 6 nitrogen and oxygen atoms in total. The second kappa shape index (κ2) is 8.57. The monoisotopic (exact) mass is 375 g/mol. The van der Waals surface area contributed by atoms with E-state index in [9.17, 15) is 20.1 Å². The predicted molar refractivity (Wildman–Crippen MR) is 93.2 cm³/mol. The number of amides is 1. The van der Waals surface area contributed by atoms with Crippen LogP contribution >= 0.6 is 23.4 Å². The topological polar surface area (TPSA) is 103 Å². The molecule has 1 N–H and O–H groups in total. The highest BCUT2D eigenvalue weighted by molar-refractivity contribution is 8.03. The van der Waals surface area contributed by atoms with Crippen molar-refractivity contribution in [1.82, 2.24) is 5.32 Å². The molecular weight excluding hydrogens is 362 g/mol. The van der Waals surface area contributed by atoms with Gasteiger partial charge in [0.25, 0.3) is 0 Å². The standard InChI is InChI=1S/C17H14ClN3O3S/c1-2-24-14(22)9-25-17-12(8-20)15(11(7-19)16(23)21-17)10-5-3-4-6-13(10)18/h3-6,11,15H,2,9H2,1H3,(H,21,23)/t11-,15-/m1/s1. The zero-order chi connectivity index (χ0) is 18.4. The summed E-state index contributed by atoms with van der Waals surface area (Å²) in [7, 11) is 0. The van der Waals surface area contributed by atoms with E-state index in [4.69, 9.17) is 16.3 Å². The van der Waals surface area contributed by atoms with E-state index in [-0.39, 0.29) is 23.0 Å². The summed E-state index contributed by atoms with van der Waals surface area (Å²) < 4.78 is 4.85. The van der Waals surface area contributed by atoms with Gasteiger partial charge in [-0.3, -0.25) is 9.59 Å². The van der Waals surface area contributed by atoms with Crippen molar-refractivity contribution in [2.75, 3.05) is 12.4 Å². The smallest absolute Gasteiger partial charge is 0.316 e. The number of allylic oxidation sites excluding steroid dienone is 1. The molecule has 2 atom stereocenters. The Balaban J connectivity index is 2.45. The van der Waals surface area contributed by atoms with E-state index in [1.54, 1.807) is 31.2 Å². The van der Waals surface area contributed by atoms with Crippen LogP contribution in [0.4, 0.5) is 0 Å². The zero-order valence-corrected chi connectivity index (χ0v) is 14.9. The van der Waals surface area contributed by atoms with Crippen molar-refractivity contribution in [1.29, 1.82) is 10.5 Å². The van der Waals surface area contributed by atoms with Crippen LogP contribution in [-0.2, 0) is 14.3 Å². The fourth-order valence-electron chi connectivity index (χ4n) is 2.48. The summed E-state index contributed by atoms with van der Waals surface area (Å²) >= 11 is 7.21. The van der Waals surface area contributed by atoms with Crippen molar-refractivity contribution in [2.45, 2.75) is 12.8 Å². The molecule has 1 aromatic carbocycles. The Morgan fingerprint density at radius 1 is 1.40 bits per heavy atom. The van der Waals surface area contributed by atoms with E-state index in [1.165, 1.54) is 0 Å². The normalized spacial score (nSPS) is 19.6. The van der Waals surface area contributed by atoms with Crippen LogP contribution in [0.3, 0.4) is 0 Å². The van der Waals surface area contributed by atoms with Gasteiger partial charge in [0.05, 0.1) is 35.1 Å². The molecule has 0 bridgehead atoms. The molecule has 0 fully saturated rings. The number of ether oxygens (including phenoxy) is 1. The number of hydrogen-bond acceptors (Lipinski definition) is 6. The number of nitrogens with zero attached hydrogens (tertiary/aromatic N) is 2. The number of esters is 1. The Morgan fingerprint density at radius 2 is 2.12 bits per heavy atom. The maximum absolute atomic E-state index is 12.3. The average Bonchev–Trinajstić information content (AvgIpc) is 2.60. The minimum atomic E-state index is -1.08. The largest absolute Gasteiger partial charge is 0.465 e. The molecule has 2 rings (SSSR count). The Labute approximate surface area is 154 Å². The molecule has 0 unspecified atom stereocenters. The lowest BCUT2D eigenvalue weighted by molar-refractivity contribution is -0.139. The number of hydrogen-bond donors (Lipinski definition) is 1. The molecule has 1 amide bonds. The zero-order valence-electron chi connectivity index (χ0n) is 13.3. The summed E-state index contributed by atoms with van der Waals surface area (Å²) in [5.41, 5.74) is 0.727. The minimum Gasteiger partial charge on any atom is -0.465 e. The van der Waals surface area contributed by atoms with Gasteiger partial charge in [0, 0.05) is 10.9 Å². The fraction of sp³-hybridized carbons (Fsp3) is 0.294. The summed E-state index contributed by atoms with van der Waals surface area (Å²) in [6.45, 7) is 1.94. The Kier molecular flexibility index (Phi) is 6.46. The molecule has 0 saturated heterocycles. The molecular formula is C17H14ClN3O3S. The van der Waals surface area contributed by atoms with Crippen LogP contribution in [0.15, 0.2) is 34.9 Å². The minimum absolute atomic E-state index is 0.0545. The molecule has 128 valence electrons.